The second kappa shape index (κ2) is 5.46. The molecule has 0 aliphatic heterocycles. The number of hydrogen-bond acceptors (Lipinski definition) is 4. The molecule has 15 heavy (non-hydrogen) atoms. The molecule has 1 N–H and O–H groups in total. The third-order valence-corrected chi connectivity index (χ3v) is 3.47. The Morgan fingerprint density at radius 2 is 1.93 bits per heavy atom. The average molecular weight is 235 g/mol. The number of carbonyl (C=O) groups excluding carboxylic acids is 1. The smallest absolute Gasteiger partial charge is 0.274 e. The summed E-state index contributed by atoms with van der Waals surface area (Å²) in [6.45, 7) is 1.59. The van der Waals surface area contributed by atoms with Crippen LogP contribution >= 0.6 is 0 Å². The molecule has 0 radical (unpaired) electrons. The Kier molecular flexibility index (Phi) is 4.53. The molecule has 0 spiro atoms. The fourth-order valence-electron chi connectivity index (χ4n) is 1.76. The summed E-state index contributed by atoms with van der Waals surface area (Å²) in [6.07, 6.45) is 4.66. The first kappa shape index (κ1) is 12.4. The van der Waals surface area contributed by atoms with Gasteiger partial charge in [0.15, 0.2) is 0 Å². The molecular weight excluding hydrogens is 218 g/mol. The van der Waals surface area contributed by atoms with Crippen molar-refractivity contribution in [2.45, 2.75) is 39.0 Å². The van der Waals surface area contributed by atoms with Crippen LogP contribution in [0.15, 0.2) is 0 Å². The predicted octanol–water partition coefficient (Wildman–Crippen LogP) is 0.964. The summed E-state index contributed by atoms with van der Waals surface area (Å²) < 4.78 is 28.6. The number of hydrogen-bond donors (Lipinski definition) is 1. The van der Waals surface area contributed by atoms with Crippen molar-refractivity contribution < 1.29 is 17.4 Å². The van der Waals surface area contributed by atoms with E-state index in [2.05, 4.69) is 4.18 Å². The Morgan fingerprint density at radius 3 is 2.47 bits per heavy atom. The van der Waals surface area contributed by atoms with Gasteiger partial charge in [-0.15, -0.1) is 0 Å². The van der Waals surface area contributed by atoms with E-state index in [1.807, 2.05) is 4.72 Å². The summed E-state index contributed by atoms with van der Waals surface area (Å²) in [4.78, 5) is 11.5. The monoisotopic (exact) mass is 235 g/mol. The average Bonchev–Trinajstić information content (AvgIpc) is 2.18. The van der Waals surface area contributed by atoms with Crippen molar-refractivity contribution in [2.24, 2.45) is 5.92 Å². The van der Waals surface area contributed by atoms with Crippen molar-refractivity contribution in [1.82, 2.24) is 4.72 Å². The largest absolute Gasteiger partial charge is 0.362 e. The van der Waals surface area contributed by atoms with Crippen molar-refractivity contribution in [2.75, 3.05) is 6.61 Å². The lowest BCUT2D eigenvalue weighted by Crippen LogP contribution is -2.37. The molecule has 0 saturated heterocycles. The van der Waals surface area contributed by atoms with Crippen LogP contribution in [0.5, 0.6) is 0 Å². The lowest BCUT2D eigenvalue weighted by Gasteiger charge is -2.20. The fourth-order valence-corrected chi connectivity index (χ4v) is 2.54. The van der Waals surface area contributed by atoms with Gasteiger partial charge in [-0.2, -0.15) is 8.42 Å². The van der Waals surface area contributed by atoms with Crippen LogP contribution in [-0.4, -0.2) is 20.9 Å². The Hall–Kier alpha value is -0.620. The van der Waals surface area contributed by atoms with Crippen LogP contribution in [0, 0.1) is 5.92 Å². The van der Waals surface area contributed by atoms with Gasteiger partial charge in [-0.3, -0.25) is 8.98 Å². The van der Waals surface area contributed by atoms with Gasteiger partial charge in [-0.1, -0.05) is 19.3 Å². The van der Waals surface area contributed by atoms with Crippen molar-refractivity contribution >= 4 is 16.2 Å². The summed E-state index contributed by atoms with van der Waals surface area (Å²) in [5.74, 6) is -0.600. The number of rotatable bonds is 4. The van der Waals surface area contributed by atoms with E-state index < -0.39 is 16.2 Å². The van der Waals surface area contributed by atoms with Crippen molar-refractivity contribution in [1.29, 1.82) is 0 Å². The van der Waals surface area contributed by atoms with E-state index >= 15 is 0 Å². The maximum atomic E-state index is 11.5. The molecule has 1 fully saturated rings. The minimum absolute atomic E-state index is 0.0350. The molecular formula is C9H17NO4S. The zero-order valence-electron chi connectivity index (χ0n) is 8.86. The fraction of sp³-hybridized carbons (Fsp3) is 0.889. The first-order chi connectivity index (χ1) is 7.05. The van der Waals surface area contributed by atoms with Gasteiger partial charge in [0, 0.05) is 5.92 Å². The molecule has 0 atom stereocenters. The Labute approximate surface area is 90.4 Å². The van der Waals surface area contributed by atoms with Gasteiger partial charge in [0.2, 0.25) is 5.91 Å². The quantitative estimate of drug-likeness (QED) is 0.788. The third-order valence-electron chi connectivity index (χ3n) is 2.47. The molecule has 1 saturated carbocycles. The van der Waals surface area contributed by atoms with Gasteiger partial charge in [0.05, 0.1) is 6.61 Å². The van der Waals surface area contributed by atoms with Gasteiger partial charge in [-0.25, -0.2) is 4.72 Å². The van der Waals surface area contributed by atoms with E-state index in [1.54, 1.807) is 6.92 Å². The van der Waals surface area contributed by atoms with Crippen LogP contribution in [0.2, 0.25) is 0 Å². The predicted molar refractivity (Wildman–Crippen MR) is 55.3 cm³/mol. The number of nitrogens with one attached hydrogen (secondary N) is 1. The highest BCUT2D eigenvalue weighted by Gasteiger charge is 2.24. The van der Waals surface area contributed by atoms with Gasteiger partial charge >= 0.3 is 10.3 Å². The molecule has 88 valence electrons. The minimum atomic E-state index is -3.88. The molecule has 0 heterocycles. The maximum absolute atomic E-state index is 11.5. The van der Waals surface area contributed by atoms with Crippen LogP contribution in [0.4, 0.5) is 0 Å². The van der Waals surface area contributed by atoms with Crippen molar-refractivity contribution in [3.63, 3.8) is 0 Å². The molecule has 0 unspecified atom stereocenters. The highest BCUT2D eigenvalue weighted by atomic mass is 32.2. The van der Waals surface area contributed by atoms with Crippen molar-refractivity contribution in [3.05, 3.63) is 0 Å². The molecule has 1 amide bonds. The first-order valence-corrected chi connectivity index (χ1v) is 6.67. The summed E-state index contributed by atoms with van der Waals surface area (Å²) in [6, 6.07) is 0. The van der Waals surface area contributed by atoms with Gasteiger partial charge in [-0.05, 0) is 19.8 Å². The van der Waals surface area contributed by atoms with Crippen molar-refractivity contribution in [3.8, 4) is 0 Å². The normalized spacial score (nSPS) is 18.7. The number of amides is 1. The van der Waals surface area contributed by atoms with E-state index in [4.69, 9.17) is 0 Å². The highest BCUT2D eigenvalue weighted by molar-refractivity contribution is 7.85. The summed E-state index contributed by atoms with van der Waals surface area (Å²) in [5, 5.41) is 0. The Balaban J connectivity index is 2.47. The standard InChI is InChI=1S/C9H17NO4S/c1-2-14-15(12,13)10-9(11)8-6-4-3-5-7-8/h8H,2-7H2,1H3,(H,10,11). The van der Waals surface area contributed by atoms with E-state index in [9.17, 15) is 13.2 Å². The second-order valence-electron chi connectivity index (χ2n) is 3.66. The van der Waals surface area contributed by atoms with Gasteiger partial charge < -0.3 is 0 Å². The molecule has 1 aliphatic rings. The Bertz CT molecular complexity index is 306. The zero-order chi connectivity index (χ0) is 11.3. The lowest BCUT2D eigenvalue weighted by molar-refractivity contribution is -0.124. The molecule has 0 aromatic heterocycles. The van der Waals surface area contributed by atoms with Crippen LogP contribution < -0.4 is 4.72 Å². The van der Waals surface area contributed by atoms with E-state index in [0.717, 1.165) is 32.1 Å². The SMILES string of the molecule is CCOS(=O)(=O)NC(=O)C1CCCCC1. The van der Waals surface area contributed by atoms with Gasteiger partial charge in [0.25, 0.3) is 0 Å². The topological polar surface area (TPSA) is 72.5 Å². The molecule has 0 bridgehead atoms. The second-order valence-corrected chi connectivity index (χ2v) is 5.01. The molecule has 6 heteroatoms. The molecule has 0 aromatic rings. The van der Waals surface area contributed by atoms with Crippen LogP contribution in [0.3, 0.4) is 0 Å². The summed E-state index contributed by atoms with van der Waals surface area (Å²) in [5.41, 5.74) is 0. The maximum Gasteiger partial charge on any atom is 0.362 e. The highest BCUT2D eigenvalue weighted by Crippen LogP contribution is 2.23. The molecule has 1 aliphatic carbocycles. The van der Waals surface area contributed by atoms with E-state index in [1.165, 1.54) is 0 Å². The first-order valence-electron chi connectivity index (χ1n) is 5.26. The summed E-state index contributed by atoms with van der Waals surface area (Å²) >= 11 is 0. The molecule has 0 aromatic carbocycles. The summed E-state index contributed by atoms with van der Waals surface area (Å²) in [7, 11) is -3.88. The lowest BCUT2D eigenvalue weighted by atomic mass is 9.89. The third kappa shape index (κ3) is 4.17. The van der Waals surface area contributed by atoms with Crippen LogP contribution in [0.1, 0.15) is 39.0 Å². The minimum Gasteiger partial charge on any atom is -0.274 e. The van der Waals surface area contributed by atoms with Gasteiger partial charge in [0.1, 0.15) is 0 Å². The van der Waals surface area contributed by atoms with E-state index in [-0.39, 0.29) is 12.5 Å². The Morgan fingerprint density at radius 1 is 1.33 bits per heavy atom. The number of carbonyl (C=O) groups is 1. The van der Waals surface area contributed by atoms with Crippen LogP contribution in [0.25, 0.3) is 0 Å². The zero-order valence-corrected chi connectivity index (χ0v) is 9.68. The molecule has 5 nitrogen and oxygen atoms in total. The van der Waals surface area contributed by atoms with Crippen LogP contribution in [-0.2, 0) is 19.3 Å². The molecule has 1 rings (SSSR count). The van der Waals surface area contributed by atoms with E-state index in [0.29, 0.717) is 0 Å².